The number of ether oxygens (including phenoxy) is 1. The number of carbonyl (C=O) groups excluding carboxylic acids is 1. The van der Waals surface area contributed by atoms with Crippen molar-refractivity contribution in [3.8, 4) is 0 Å². The SMILES string of the molecule is CC(C)(C)OC(=O)Nc1ccc(F)c(C2(CN)CCC(O)CC2)c1. The maximum atomic E-state index is 14.4. The van der Waals surface area contributed by atoms with Crippen LogP contribution in [-0.4, -0.2) is 29.4 Å². The summed E-state index contributed by atoms with van der Waals surface area (Å²) < 4.78 is 19.7. The molecule has 0 heterocycles. The van der Waals surface area contributed by atoms with E-state index in [0.29, 0.717) is 43.5 Å². The highest BCUT2D eigenvalue weighted by molar-refractivity contribution is 5.85. The highest BCUT2D eigenvalue weighted by Gasteiger charge is 2.37. The molecule has 1 aliphatic carbocycles. The molecule has 0 saturated heterocycles. The summed E-state index contributed by atoms with van der Waals surface area (Å²) in [4.78, 5) is 11.9. The van der Waals surface area contributed by atoms with Gasteiger partial charge in [0, 0.05) is 17.6 Å². The average molecular weight is 338 g/mol. The van der Waals surface area contributed by atoms with Gasteiger partial charge in [0.05, 0.1) is 6.10 Å². The lowest BCUT2D eigenvalue weighted by molar-refractivity contribution is 0.0636. The summed E-state index contributed by atoms with van der Waals surface area (Å²) in [6.45, 7) is 5.63. The molecule has 1 aliphatic rings. The molecule has 1 fully saturated rings. The molecule has 0 atom stereocenters. The monoisotopic (exact) mass is 338 g/mol. The molecule has 0 unspecified atom stereocenters. The largest absolute Gasteiger partial charge is 0.444 e. The Hall–Kier alpha value is -1.66. The van der Waals surface area contributed by atoms with E-state index in [1.54, 1.807) is 26.8 Å². The van der Waals surface area contributed by atoms with Gasteiger partial charge in [-0.1, -0.05) is 0 Å². The van der Waals surface area contributed by atoms with Gasteiger partial charge in [-0.3, -0.25) is 5.32 Å². The van der Waals surface area contributed by atoms with Gasteiger partial charge in [0.15, 0.2) is 0 Å². The van der Waals surface area contributed by atoms with Gasteiger partial charge in [-0.25, -0.2) is 9.18 Å². The first-order valence-electron chi connectivity index (χ1n) is 8.33. The number of carbonyl (C=O) groups is 1. The first kappa shape index (κ1) is 18.7. The van der Waals surface area contributed by atoms with Crippen LogP contribution in [0.25, 0.3) is 0 Å². The number of nitrogens with two attached hydrogens (primary N) is 1. The van der Waals surface area contributed by atoms with Crippen molar-refractivity contribution in [3.63, 3.8) is 0 Å². The zero-order valence-corrected chi connectivity index (χ0v) is 14.6. The van der Waals surface area contributed by atoms with E-state index in [4.69, 9.17) is 10.5 Å². The summed E-state index contributed by atoms with van der Waals surface area (Å²) in [7, 11) is 0. The molecular formula is C18H27FN2O3. The van der Waals surface area contributed by atoms with E-state index in [9.17, 15) is 14.3 Å². The van der Waals surface area contributed by atoms with Gasteiger partial charge in [0.2, 0.25) is 0 Å². The Morgan fingerprint density at radius 3 is 2.58 bits per heavy atom. The summed E-state index contributed by atoms with van der Waals surface area (Å²) in [6, 6.07) is 4.47. The third-order valence-electron chi connectivity index (χ3n) is 4.49. The fraction of sp³-hybridized carbons (Fsp3) is 0.611. The Labute approximate surface area is 142 Å². The molecule has 4 N–H and O–H groups in total. The fourth-order valence-electron chi connectivity index (χ4n) is 3.17. The Morgan fingerprint density at radius 1 is 1.42 bits per heavy atom. The molecule has 0 aliphatic heterocycles. The third-order valence-corrected chi connectivity index (χ3v) is 4.49. The second-order valence-electron chi connectivity index (χ2n) is 7.54. The van der Waals surface area contributed by atoms with E-state index >= 15 is 0 Å². The molecular weight excluding hydrogens is 311 g/mol. The maximum Gasteiger partial charge on any atom is 0.412 e. The van der Waals surface area contributed by atoms with Gasteiger partial charge >= 0.3 is 6.09 Å². The third kappa shape index (κ3) is 4.45. The van der Waals surface area contributed by atoms with Gasteiger partial charge in [0.25, 0.3) is 0 Å². The van der Waals surface area contributed by atoms with Crippen molar-refractivity contribution in [1.29, 1.82) is 0 Å². The lowest BCUT2D eigenvalue weighted by atomic mass is 9.68. The number of aliphatic hydroxyl groups is 1. The van der Waals surface area contributed by atoms with Crippen LogP contribution in [0, 0.1) is 5.82 Å². The van der Waals surface area contributed by atoms with E-state index in [-0.39, 0.29) is 11.9 Å². The molecule has 1 aromatic rings. The van der Waals surface area contributed by atoms with Crippen LogP contribution in [0.5, 0.6) is 0 Å². The molecule has 1 amide bonds. The molecule has 0 spiro atoms. The number of benzene rings is 1. The lowest BCUT2D eigenvalue weighted by Gasteiger charge is -2.39. The number of nitrogens with one attached hydrogen (secondary N) is 1. The summed E-state index contributed by atoms with van der Waals surface area (Å²) in [5.74, 6) is -0.341. The maximum absolute atomic E-state index is 14.4. The van der Waals surface area contributed by atoms with Crippen molar-refractivity contribution < 1.29 is 19.0 Å². The van der Waals surface area contributed by atoms with Crippen molar-refractivity contribution in [2.45, 2.75) is 63.6 Å². The first-order valence-corrected chi connectivity index (χ1v) is 8.33. The highest BCUT2D eigenvalue weighted by Crippen LogP contribution is 2.40. The van der Waals surface area contributed by atoms with Crippen LogP contribution in [0.3, 0.4) is 0 Å². The average Bonchev–Trinajstić information content (AvgIpc) is 2.49. The molecule has 2 rings (SSSR count). The number of halogens is 1. The van der Waals surface area contributed by atoms with Gasteiger partial charge in [-0.15, -0.1) is 0 Å². The second-order valence-corrected chi connectivity index (χ2v) is 7.54. The van der Waals surface area contributed by atoms with Crippen LogP contribution in [0.15, 0.2) is 18.2 Å². The van der Waals surface area contributed by atoms with Crippen LogP contribution < -0.4 is 11.1 Å². The predicted octanol–water partition coefficient (Wildman–Crippen LogP) is 3.30. The van der Waals surface area contributed by atoms with Crippen molar-refractivity contribution in [2.24, 2.45) is 5.73 Å². The minimum atomic E-state index is -0.606. The summed E-state index contributed by atoms with van der Waals surface area (Å²) in [6.07, 6.45) is 1.51. The molecule has 5 nitrogen and oxygen atoms in total. The number of rotatable bonds is 3. The minimum absolute atomic E-state index is 0.298. The number of hydrogen-bond acceptors (Lipinski definition) is 4. The van der Waals surface area contributed by atoms with E-state index < -0.39 is 17.1 Å². The van der Waals surface area contributed by atoms with Gasteiger partial charge in [0.1, 0.15) is 11.4 Å². The second kappa shape index (κ2) is 7.07. The smallest absolute Gasteiger partial charge is 0.412 e. The Kier molecular flexibility index (Phi) is 5.50. The van der Waals surface area contributed by atoms with Crippen LogP contribution in [-0.2, 0) is 10.2 Å². The zero-order valence-electron chi connectivity index (χ0n) is 14.6. The minimum Gasteiger partial charge on any atom is -0.444 e. The standard InChI is InChI=1S/C18H27FN2O3/c1-17(2,3)24-16(23)21-12-4-5-15(19)14(10-12)18(11-20)8-6-13(22)7-9-18/h4-5,10,13,22H,6-9,11,20H2,1-3H3,(H,21,23). The van der Waals surface area contributed by atoms with Crippen molar-refractivity contribution in [1.82, 2.24) is 0 Å². The van der Waals surface area contributed by atoms with Gasteiger partial charge in [-0.05, 0) is 70.2 Å². The zero-order chi connectivity index (χ0) is 18.0. The van der Waals surface area contributed by atoms with Crippen LogP contribution in [0.2, 0.25) is 0 Å². The molecule has 0 aromatic heterocycles. The summed E-state index contributed by atoms with van der Waals surface area (Å²) >= 11 is 0. The lowest BCUT2D eigenvalue weighted by Crippen LogP contribution is -2.41. The number of hydrogen-bond donors (Lipinski definition) is 3. The van der Waals surface area contributed by atoms with E-state index in [1.807, 2.05) is 0 Å². The van der Waals surface area contributed by atoms with Crippen LogP contribution in [0.1, 0.15) is 52.0 Å². The molecule has 1 aromatic carbocycles. The Balaban J connectivity index is 2.23. The van der Waals surface area contributed by atoms with Gasteiger partial charge in [-0.2, -0.15) is 0 Å². The summed E-state index contributed by atoms with van der Waals surface area (Å²) in [5, 5.41) is 12.4. The number of amides is 1. The Morgan fingerprint density at radius 2 is 2.04 bits per heavy atom. The molecule has 0 radical (unpaired) electrons. The molecule has 0 bridgehead atoms. The van der Waals surface area contributed by atoms with Crippen molar-refractivity contribution in [3.05, 3.63) is 29.6 Å². The van der Waals surface area contributed by atoms with E-state index in [0.717, 1.165) is 0 Å². The highest BCUT2D eigenvalue weighted by atomic mass is 19.1. The van der Waals surface area contributed by atoms with Crippen LogP contribution >= 0.6 is 0 Å². The molecule has 134 valence electrons. The molecule has 1 saturated carbocycles. The topological polar surface area (TPSA) is 84.6 Å². The Bertz CT molecular complexity index is 590. The predicted molar refractivity (Wildman–Crippen MR) is 91.5 cm³/mol. The van der Waals surface area contributed by atoms with E-state index in [1.165, 1.54) is 12.1 Å². The normalized spacial score (nSPS) is 24.5. The van der Waals surface area contributed by atoms with Gasteiger partial charge < -0.3 is 15.6 Å². The van der Waals surface area contributed by atoms with Crippen LogP contribution in [0.4, 0.5) is 14.9 Å². The van der Waals surface area contributed by atoms with Crippen molar-refractivity contribution >= 4 is 11.8 Å². The number of aliphatic hydroxyl groups excluding tert-OH is 1. The fourth-order valence-corrected chi connectivity index (χ4v) is 3.17. The first-order chi connectivity index (χ1) is 11.1. The van der Waals surface area contributed by atoms with E-state index in [2.05, 4.69) is 5.32 Å². The number of anilines is 1. The molecule has 6 heteroatoms. The summed E-state index contributed by atoms with van der Waals surface area (Å²) in [5.41, 5.74) is 5.81. The molecule has 24 heavy (non-hydrogen) atoms. The van der Waals surface area contributed by atoms with Crippen molar-refractivity contribution in [2.75, 3.05) is 11.9 Å². The quantitative estimate of drug-likeness (QED) is 0.789.